The monoisotopic (exact) mass is 306 g/mol. The number of hydrogen-bond acceptors (Lipinski definition) is 5. The third-order valence-corrected chi connectivity index (χ3v) is 3.70. The normalized spacial score (nSPS) is 14.3. The molecule has 0 rings (SSSR count). The Morgan fingerprint density at radius 3 is 2.35 bits per heavy atom. The van der Waals surface area contributed by atoms with Gasteiger partial charge in [-0.1, -0.05) is 13.8 Å². The van der Waals surface area contributed by atoms with Crippen LogP contribution >= 0.6 is 11.8 Å². The number of carbonyl (C=O) groups excluding carboxylic acids is 1. The molecule has 0 aromatic carbocycles. The van der Waals surface area contributed by atoms with Crippen LogP contribution in [0.15, 0.2) is 0 Å². The van der Waals surface area contributed by atoms with Gasteiger partial charge in [0, 0.05) is 6.54 Å². The predicted molar refractivity (Wildman–Crippen MR) is 80.9 cm³/mol. The summed E-state index contributed by atoms with van der Waals surface area (Å²) in [7, 11) is 1.75. The number of thioether (sulfide) groups is 1. The quantitative estimate of drug-likeness (QED) is 0.536. The Balaban J connectivity index is 4.75. The second-order valence-electron chi connectivity index (χ2n) is 5.07. The van der Waals surface area contributed by atoms with Gasteiger partial charge in [-0.05, 0) is 31.4 Å². The molecule has 0 bridgehead atoms. The number of aliphatic carboxylic acids is 1. The van der Waals surface area contributed by atoms with Gasteiger partial charge in [0.25, 0.3) is 0 Å². The molecule has 0 spiro atoms. The van der Waals surface area contributed by atoms with Crippen LogP contribution in [0.5, 0.6) is 0 Å². The molecule has 0 aliphatic heterocycles. The summed E-state index contributed by atoms with van der Waals surface area (Å²) in [5.41, 5.74) is 0. The number of aliphatic hydroxyl groups excluding tert-OH is 1. The Hall–Kier alpha value is -0.790. The zero-order valence-electron chi connectivity index (χ0n) is 12.6. The first-order valence-corrected chi connectivity index (χ1v) is 8.07. The van der Waals surface area contributed by atoms with Gasteiger partial charge in [0.05, 0.1) is 12.6 Å². The zero-order chi connectivity index (χ0) is 15.7. The minimum atomic E-state index is -1.01. The molecule has 7 heteroatoms. The van der Waals surface area contributed by atoms with E-state index in [1.165, 1.54) is 0 Å². The number of hydrogen-bond donors (Lipinski definition) is 3. The third-order valence-electron chi connectivity index (χ3n) is 3.05. The summed E-state index contributed by atoms with van der Waals surface area (Å²) in [6, 6.07) is -1.31. The molecule has 0 fully saturated rings. The van der Waals surface area contributed by atoms with E-state index in [-0.39, 0.29) is 18.4 Å². The van der Waals surface area contributed by atoms with E-state index < -0.39 is 18.1 Å². The van der Waals surface area contributed by atoms with Crippen LogP contribution in [0.2, 0.25) is 0 Å². The van der Waals surface area contributed by atoms with Crippen LogP contribution in [0.4, 0.5) is 0 Å². The number of amides is 1. The standard InChI is InChI=1S/C13H26N2O4S/c1-9(2)11(15(3)6-7-16)12(17)14-10(13(18)19)5-8-20-4/h9-11,16H,5-8H2,1-4H3,(H,14,17)(H,18,19). The van der Waals surface area contributed by atoms with Gasteiger partial charge in [-0.2, -0.15) is 11.8 Å². The maximum atomic E-state index is 12.3. The number of carboxylic acid groups (broad SMARTS) is 1. The molecule has 3 N–H and O–H groups in total. The van der Waals surface area contributed by atoms with Gasteiger partial charge in [0.2, 0.25) is 5.91 Å². The second kappa shape index (κ2) is 10.0. The fourth-order valence-corrected chi connectivity index (χ4v) is 2.53. The van der Waals surface area contributed by atoms with Crippen molar-refractivity contribution in [3.8, 4) is 0 Å². The first-order valence-electron chi connectivity index (χ1n) is 6.68. The molecule has 2 unspecified atom stereocenters. The lowest BCUT2D eigenvalue weighted by Crippen LogP contribution is -2.53. The first kappa shape index (κ1) is 19.2. The molecule has 0 aliphatic carbocycles. The summed E-state index contributed by atoms with van der Waals surface area (Å²) in [4.78, 5) is 25.2. The molecular weight excluding hydrogens is 280 g/mol. The molecule has 0 heterocycles. The first-order chi connectivity index (χ1) is 9.34. The Kier molecular flexibility index (Phi) is 9.62. The van der Waals surface area contributed by atoms with E-state index in [0.29, 0.717) is 18.7 Å². The highest BCUT2D eigenvalue weighted by molar-refractivity contribution is 7.98. The second-order valence-corrected chi connectivity index (χ2v) is 6.06. The van der Waals surface area contributed by atoms with Crippen molar-refractivity contribution in [2.75, 3.05) is 32.2 Å². The predicted octanol–water partition coefficient (Wildman–Crippen LogP) is 0.258. The number of carbonyl (C=O) groups is 2. The molecule has 0 saturated heterocycles. The summed E-state index contributed by atoms with van der Waals surface area (Å²) in [6.45, 7) is 4.13. The van der Waals surface area contributed by atoms with Crippen molar-refractivity contribution in [2.45, 2.75) is 32.4 Å². The van der Waals surface area contributed by atoms with Crippen molar-refractivity contribution >= 4 is 23.6 Å². The Morgan fingerprint density at radius 2 is 1.95 bits per heavy atom. The lowest BCUT2D eigenvalue weighted by Gasteiger charge is -2.30. The average Bonchev–Trinajstić information content (AvgIpc) is 2.33. The molecule has 2 atom stereocenters. The lowest BCUT2D eigenvalue weighted by atomic mass is 10.0. The van der Waals surface area contributed by atoms with Crippen molar-refractivity contribution in [1.29, 1.82) is 0 Å². The van der Waals surface area contributed by atoms with E-state index >= 15 is 0 Å². The smallest absolute Gasteiger partial charge is 0.326 e. The van der Waals surface area contributed by atoms with E-state index in [1.54, 1.807) is 23.7 Å². The molecule has 20 heavy (non-hydrogen) atoms. The maximum absolute atomic E-state index is 12.3. The van der Waals surface area contributed by atoms with Crippen LogP contribution in [0, 0.1) is 5.92 Å². The lowest BCUT2D eigenvalue weighted by molar-refractivity contribution is -0.143. The molecule has 118 valence electrons. The van der Waals surface area contributed by atoms with Crippen LogP contribution in [0.3, 0.4) is 0 Å². The minimum Gasteiger partial charge on any atom is -0.480 e. The average molecular weight is 306 g/mol. The molecule has 0 radical (unpaired) electrons. The van der Waals surface area contributed by atoms with Crippen molar-refractivity contribution in [1.82, 2.24) is 10.2 Å². The molecule has 0 aliphatic rings. The molecule has 0 aromatic heterocycles. The Labute approximate surface area is 124 Å². The van der Waals surface area contributed by atoms with Crippen LogP contribution in [-0.4, -0.2) is 71.3 Å². The Bertz CT molecular complexity index is 313. The number of carboxylic acids is 1. The molecule has 0 saturated carbocycles. The fraction of sp³-hybridized carbons (Fsp3) is 0.846. The highest BCUT2D eigenvalue weighted by Crippen LogP contribution is 2.10. The number of rotatable bonds is 10. The Morgan fingerprint density at radius 1 is 1.35 bits per heavy atom. The summed E-state index contributed by atoms with van der Waals surface area (Å²) in [6.07, 6.45) is 2.30. The highest BCUT2D eigenvalue weighted by Gasteiger charge is 2.29. The van der Waals surface area contributed by atoms with Gasteiger partial charge < -0.3 is 15.5 Å². The summed E-state index contributed by atoms with van der Waals surface area (Å²) in [5, 5.41) is 20.7. The summed E-state index contributed by atoms with van der Waals surface area (Å²) >= 11 is 1.55. The SMILES string of the molecule is CSCCC(NC(=O)C(C(C)C)N(C)CCO)C(=O)O. The van der Waals surface area contributed by atoms with E-state index in [2.05, 4.69) is 5.32 Å². The van der Waals surface area contributed by atoms with E-state index in [4.69, 9.17) is 10.2 Å². The van der Waals surface area contributed by atoms with Gasteiger partial charge in [-0.3, -0.25) is 9.69 Å². The van der Waals surface area contributed by atoms with Gasteiger partial charge >= 0.3 is 5.97 Å². The number of aliphatic hydroxyl groups is 1. The number of nitrogens with zero attached hydrogens (tertiary/aromatic N) is 1. The topological polar surface area (TPSA) is 89.9 Å². The van der Waals surface area contributed by atoms with Gasteiger partial charge in [-0.15, -0.1) is 0 Å². The maximum Gasteiger partial charge on any atom is 0.326 e. The molecule has 1 amide bonds. The van der Waals surface area contributed by atoms with Crippen LogP contribution in [0.1, 0.15) is 20.3 Å². The van der Waals surface area contributed by atoms with Crippen molar-refractivity contribution in [3.63, 3.8) is 0 Å². The van der Waals surface area contributed by atoms with Gasteiger partial charge in [0.15, 0.2) is 0 Å². The van der Waals surface area contributed by atoms with Crippen molar-refractivity contribution in [3.05, 3.63) is 0 Å². The van der Waals surface area contributed by atoms with Gasteiger partial charge in [0.1, 0.15) is 6.04 Å². The van der Waals surface area contributed by atoms with Crippen molar-refractivity contribution < 1.29 is 19.8 Å². The molecule has 0 aromatic rings. The van der Waals surface area contributed by atoms with Crippen LogP contribution < -0.4 is 5.32 Å². The van der Waals surface area contributed by atoms with Gasteiger partial charge in [-0.25, -0.2) is 4.79 Å². The number of likely N-dealkylation sites (N-methyl/N-ethyl adjacent to an activating group) is 1. The van der Waals surface area contributed by atoms with E-state index in [9.17, 15) is 9.59 Å². The fourth-order valence-electron chi connectivity index (χ4n) is 2.06. The molecular formula is C13H26N2O4S. The minimum absolute atomic E-state index is 0.0292. The van der Waals surface area contributed by atoms with Crippen molar-refractivity contribution in [2.24, 2.45) is 5.92 Å². The summed E-state index contributed by atoms with van der Waals surface area (Å²) in [5.74, 6) is -0.610. The van der Waals surface area contributed by atoms with Crippen LogP contribution in [0.25, 0.3) is 0 Å². The third kappa shape index (κ3) is 6.58. The highest BCUT2D eigenvalue weighted by atomic mass is 32.2. The van der Waals surface area contributed by atoms with E-state index in [0.717, 1.165) is 0 Å². The summed E-state index contributed by atoms with van der Waals surface area (Å²) < 4.78 is 0. The zero-order valence-corrected chi connectivity index (χ0v) is 13.4. The van der Waals surface area contributed by atoms with E-state index in [1.807, 2.05) is 20.1 Å². The number of nitrogens with one attached hydrogen (secondary N) is 1. The molecule has 6 nitrogen and oxygen atoms in total. The largest absolute Gasteiger partial charge is 0.480 e. The van der Waals surface area contributed by atoms with Crippen LogP contribution in [-0.2, 0) is 9.59 Å².